The highest BCUT2D eigenvalue weighted by Crippen LogP contribution is 2.44. The van der Waals surface area contributed by atoms with Gasteiger partial charge in [0.15, 0.2) is 0 Å². The molecule has 0 aromatic rings. The van der Waals surface area contributed by atoms with Crippen molar-refractivity contribution in [3.05, 3.63) is 0 Å². The Balaban J connectivity index is 1.82. The first-order chi connectivity index (χ1) is 8.18. The van der Waals surface area contributed by atoms with Crippen molar-refractivity contribution >= 4 is 7.85 Å². The maximum absolute atomic E-state index is 10.7. The van der Waals surface area contributed by atoms with Gasteiger partial charge in [0.05, 0.1) is 17.8 Å². The molecule has 1 aliphatic carbocycles. The lowest BCUT2D eigenvalue weighted by atomic mass is 9.79. The molecule has 98 valence electrons. The van der Waals surface area contributed by atoms with Crippen molar-refractivity contribution in [1.29, 1.82) is 0 Å². The summed E-state index contributed by atoms with van der Waals surface area (Å²) in [6.45, 7) is 2.72. The van der Waals surface area contributed by atoms with E-state index >= 15 is 0 Å². The highest BCUT2D eigenvalue weighted by atomic mass is 16.5. The number of aliphatic hydroxyl groups is 1. The summed E-state index contributed by atoms with van der Waals surface area (Å²) >= 11 is 0. The van der Waals surface area contributed by atoms with Crippen LogP contribution < -0.4 is 5.32 Å². The Hall–Kier alpha value is -0.0551. The van der Waals surface area contributed by atoms with Crippen LogP contribution in [0.15, 0.2) is 0 Å². The van der Waals surface area contributed by atoms with E-state index in [-0.39, 0.29) is 5.60 Å². The zero-order chi connectivity index (χ0) is 12.2. The third kappa shape index (κ3) is 3.46. The third-order valence-corrected chi connectivity index (χ3v) is 4.34. The molecule has 1 saturated heterocycles. The van der Waals surface area contributed by atoms with Crippen LogP contribution in [0, 0.1) is 0 Å². The van der Waals surface area contributed by atoms with Gasteiger partial charge >= 0.3 is 0 Å². The SMILES string of the molecule is BCCNCC[C@@]1(O)CCOC2(CCCC2)C1. The van der Waals surface area contributed by atoms with Crippen LogP contribution >= 0.6 is 0 Å². The minimum absolute atomic E-state index is 0.0256. The molecule has 17 heavy (non-hydrogen) atoms. The van der Waals surface area contributed by atoms with Crippen molar-refractivity contribution in [2.75, 3.05) is 19.7 Å². The molecule has 1 aliphatic heterocycles. The van der Waals surface area contributed by atoms with Crippen LogP contribution in [-0.2, 0) is 4.74 Å². The number of ether oxygens (including phenoxy) is 1. The van der Waals surface area contributed by atoms with E-state index < -0.39 is 5.60 Å². The lowest BCUT2D eigenvalue weighted by Gasteiger charge is -2.43. The molecule has 0 aromatic carbocycles. The number of hydrogen-bond acceptors (Lipinski definition) is 3. The molecule has 1 atom stereocenters. The molecule has 2 N–H and O–H groups in total. The topological polar surface area (TPSA) is 41.5 Å². The van der Waals surface area contributed by atoms with Crippen LogP contribution in [0.4, 0.5) is 0 Å². The quantitative estimate of drug-likeness (QED) is 0.552. The first-order valence-electron chi connectivity index (χ1n) is 7.25. The van der Waals surface area contributed by atoms with Gasteiger partial charge in [-0.2, -0.15) is 0 Å². The van der Waals surface area contributed by atoms with Crippen molar-refractivity contribution in [3.8, 4) is 0 Å². The number of rotatable bonds is 5. The van der Waals surface area contributed by atoms with E-state index in [4.69, 9.17) is 4.74 Å². The summed E-state index contributed by atoms with van der Waals surface area (Å²) < 4.78 is 5.97. The molecule has 0 amide bonds. The van der Waals surface area contributed by atoms with Crippen LogP contribution in [0.25, 0.3) is 0 Å². The molecule has 1 heterocycles. The molecule has 2 rings (SSSR count). The van der Waals surface area contributed by atoms with Crippen LogP contribution in [0.5, 0.6) is 0 Å². The second kappa shape index (κ2) is 5.72. The van der Waals surface area contributed by atoms with Crippen LogP contribution in [0.3, 0.4) is 0 Å². The predicted octanol–water partition coefficient (Wildman–Crippen LogP) is 0.872. The molecule has 0 radical (unpaired) electrons. The summed E-state index contributed by atoms with van der Waals surface area (Å²) in [7, 11) is 2.17. The fraction of sp³-hybridized carbons (Fsp3) is 1.00. The van der Waals surface area contributed by atoms with Gasteiger partial charge < -0.3 is 15.2 Å². The van der Waals surface area contributed by atoms with Crippen molar-refractivity contribution in [2.24, 2.45) is 0 Å². The second-order valence-electron chi connectivity index (χ2n) is 5.89. The van der Waals surface area contributed by atoms with Crippen molar-refractivity contribution in [3.63, 3.8) is 0 Å². The zero-order valence-electron chi connectivity index (χ0n) is 11.1. The van der Waals surface area contributed by atoms with Crippen LogP contribution in [0.1, 0.15) is 44.9 Å². The van der Waals surface area contributed by atoms with E-state index in [1.54, 1.807) is 0 Å². The highest BCUT2D eigenvalue weighted by Gasteiger charge is 2.45. The Labute approximate surface area is 106 Å². The lowest BCUT2D eigenvalue weighted by Crippen LogP contribution is -2.48. The number of hydrogen-bond donors (Lipinski definition) is 2. The van der Waals surface area contributed by atoms with Gasteiger partial charge in [0.2, 0.25) is 0 Å². The van der Waals surface area contributed by atoms with E-state index in [2.05, 4.69) is 13.2 Å². The normalized spacial score (nSPS) is 32.1. The first-order valence-corrected chi connectivity index (χ1v) is 7.25. The summed E-state index contributed by atoms with van der Waals surface area (Å²) in [5.41, 5.74) is -0.457. The molecule has 4 heteroatoms. The molecule has 3 nitrogen and oxygen atoms in total. The highest BCUT2D eigenvalue weighted by molar-refractivity contribution is 6.08. The Kier molecular flexibility index (Phi) is 4.50. The second-order valence-corrected chi connectivity index (χ2v) is 5.89. The molecule has 1 spiro atoms. The Morgan fingerprint density at radius 1 is 1.18 bits per heavy atom. The molecular weight excluding hydrogens is 213 g/mol. The standard InChI is InChI=1S/C13H26BNO2/c14-7-9-15-8-5-12(16)6-10-17-13(11-12)3-1-2-4-13/h15-16H,1-11,14H2/t12-/m1/s1. The molecule has 1 saturated carbocycles. The minimum Gasteiger partial charge on any atom is -0.390 e. The van der Waals surface area contributed by atoms with Gasteiger partial charge in [0.1, 0.15) is 7.85 Å². The fourth-order valence-corrected chi connectivity index (χ4v) is 3.37. The van der Waals surface area contributed by atoms with Crippen molar-refractivity contribution in [1.82, 2.24) is 5.32 Å². The van der Waals surface area contributed by atoms with E-state index in [9.17, 15) is 5.11 Å². The smallest absolute Gasteiger partial charge is 0.102 e. The molecule has 0 bridgehead atoms. The maximum atomic E-state index is 10.7. The van der Waals surface area contributed by atoms with Gasteiger partial charge in [0, 0.05) is 6.42 Å². The van der Waals surface area contributed by atoms with E-state index in [0.29, 0.717) is 0 Å². The molecule has 0 aromatic heterocycles. The number of nitrogens with one attached hydrogen (secondary N) is 1. The van der Waals surface area contributed by atoms with Crippen LogP contribution in [0.2, 0.25) is 6.32 Å². The van der Waals surface area contributed by atoms with Crippen molar-refractivity contribution in [2.45, 2.75) is 62.5 Å². The maximum Gasteiger partial charge on any atom is 0.102 e. The zero-order valence-corrected chi connectivity index (χ0v) is 11.1. The Bertz CT molecular complexity index is 244. The van der Waals surface area contributed by atoms with E-state index in [0.717, 1.165) is 58.1 Å². The largest absolute Gasteiger partial charge is 0.390 e. The Morgan fingerprint density at radius 2 is 1.94 bits per heavy atom. The van der Waals surface area contributed by atoms with Crippen LogP contribution in [-0.4, -0.2) is 43.9 Å². The van der Waals surface area contributed by atoms with Gasteiger partial charge in [-0.3, -0.25) is 0 Å². The lowest BCUT2D eigenvalue weighted by molar-refractivity contribution is -0.159. The molecular formula is C13H26BNO2. The van der Waals surface area contributed by atoms with Gasteiger partial charge in [-0.25, -0.2) is 0 Å². The summed E-state index contributed by atoms with van der Waals surface area (Å²) in [4.78, 5) is 0. The van der Waals surface area contributed by atoms with E-state index in [1.165, 1.54) is 12.8 Å². The first kappa shape index (κ1) is 13.4. The van der Waals surface area contributed by atoms with Gasteiger partial charge in [-0.15, -0.1) is 0 Å². The van der Waals surface area contributed by atoms with E-state index in [1.807, 2.05) is 0 Å². The molecule has 2 aliphatic rings. The average molecular weight is 239 g/mol. The van der Waals surface area contributed by atoms with Gasteiger partial charge in [0.25, 0.3) is 0 Å². The fourth-order valence-electron chi connectivity index (χ4n) is 3.37. The average Bonchev–Trinajstić information content (AvgIpc) is 2.72. The Morgan fingerprint density at radius 3 is 2.65 bits per heavy atom. The summed E-state index contributed by atoms with van der Waals surface area (Å²) in [6.07, 6.45) is 8.53. The van der Waals surface area contributed by atoms with Gasteiger partial charge in [-0.05, 0) is 38.8 Å². The minimum atomic E-state index is -0.483. The monoisotopic (exact) mass is 239 g/mol. The summed E-state index contributed by atoms with van der Waals surface area (Å²) in [5.74, 6) is 0. The molecule has 0 unspecified atom stereocenters. The molecule has 2 fully saturated rings. The van der Waals surface area contributed by atoms with Gasteiger partial charge in [-0.1, -0.05) is 19.2 Å². The third-order valence-electron chi connectivity index (χ3n) is 4.34. The summed E-state index contributed by atoms with van der Waals surface area (Å²) in [5, 5.41) is 14.1. The van der Waals surface area contributed by atoms with Crippen molar-refractivity contribution < 1.29 is 9.84 Å². The summed E-state index contributed by atoms with van der Waals surface area (Å²) in [6, 6.07) is 0. The predicted molar refractivity (Wildman–Crippen MR) is 72.2 cm³/mol.